The van der Waals surface area contributed by atoms with Crippen molar-refractivity contribution in [3.8, 4) is 11.5 Å². The minimum atomic E-state index is -0.550. The van der Waals surface area contributed by atoms with Crippen LogP contribution in [0.2, 0.25) is 0 Å². The van der Waals surface area contributed by atoms with E-state index in [1.807, 2.05) is 13.0 Å². The van der Waals surface area contributed by atoms with E-state index in [1.54, 1.807) is 66.7 Å². The van der Waals surface area contributed by atoms with Crippen LogP contribution in [0.5, 0.6) is 11.5 Å². The van der Waals surface area contributed by atoms with E-state index >= 15 is 0 Å². The fourth-order valence-electron chi connectivity index (χ4n) is 3.66. The number of methoxy groups -OCH3 is 2. The van der Waals surface area contributed by atoms with Gasteiger partial charge in [-0.2, -0.15) is 9.36 Å². The van der Waals surface area contributed by atoms with Crippen molar-refractivity contribution in [2.24, 2.45) is 0 Å². The molecule has 0 aliphatic carbocycles. The van der Waals surface area contributed by atoms with Crippen molar-refractivity contribution in [2.75, 3.05) is 36.4 Å². The third kappa shape index (κ3) is 9.33. The van der Waals surface area contributed by atoms with E-state index in [0.29, 0.717) is 38.6 Å². The van der Waals surface area contributed by atoms with Gasteiger partial charge < -0.3 is 20.1 Å². The molecule has 43 heavy (non-hydrogen) atoms. The predicted octanol–water partition coefficient (Wildman–Crippen LogP) is 5.81. The molecule has 3 aromatic carbocycles. The molecule has 0 unspecified atom stereocenters. The minimum Gasteiger partial charge on any atom is -0.497 e. The van der Waals surface area contributed by atoms with Crippen LogP contribution in [0.4, 0.5) is 10.8 Å². The topological polar surface area (TPSA) is 132 Å². The van der Waals surface area contributed by atoms with Gasteiger partial charge in [0.15, 0.2) is 0 Å². The van der Waals surface area contributed by atoms with Crippen molar-refractivity contribution < 1.29 is 23.9 Å². The number of nitrogens with zero attached hydrogens (tertiary/aromatic N) is 2. The third-order valence-electron chi connectivity index (χ3n) is 5.65. The first-order valence-electron chi connectivity index (χ1n) is 13.0. The first kappa shape index (κ1) is 31.6. The van der Waals surface area contributed by atoms with E-state index in [-0.39, 0.29) is 17.4 Å². The molecule has 0 atom stereocenters. The van der Waals surface area contributed by atoms with Crippen LogP contribution in [0.1, 0.15) is 22.8 Å². The summed E-state index contributed by atoms with van der Waals surface area (Å²) in [5, 5.41) is 9.41. The quantitative estimate of drug-likeness (QED) is 0.123. The molecule has 0 fully saturated rings. The number of rotatable bonds is 13. The Morgan fingerprint density at radius 2 is 1.74 bits per heavy atom. The van der Waals surface area contributed by atoms with Crippen molar-refractivity contribution in [3.63, 3.8) is 0 Å². The van der Waals surface area contributed by atoms with E-state index in [4.69, 9.17) is 9.47 Å². The monoisotopic (exact) mass is 635 g/mol. The number of hydrogen-bond acceptors (Lipinski definition) is 10. The Balaban J connectivity index is 1.49. The van der Waals surface area contributed by atoms with Gasteiger partial charge in [0.1, 0.15) is 17.2 Å². The van der Waals surface area contributed by atoms with E-state index in [1.165, 1.54) is 43.8 Å². The van der Waals surface area contributed by atoms with Crippen LogP contribution in [-0.2, 0) is 9.59 Å². The van der Waals surface area contributed by atoms with Crippen LogP contribution < -0.4 is 25.4 Å². The highest BCUT2D eigenvalue weighted by Gasteiger charge is 2.17. The molecule has 0 aliphatic heterocycles. The highest BCUT2D eigenvalue weighted by molar-refractivity contribution is 8.00. The van der Waals surface area contributed by atoms with Gasteiger partial charge in [-0.25, -0.2) is 0 Å². The van der Waals surface area contributed by atoms with Gasteiger partial charge in [-0.15, -0.1) is 11.8 Å². The number of carbonyl (C=O) groups excluding carboxylic acids is 3. The maximum Gasteiger partial charge on any atom is 0.272 e. The van der Waals surface area contributed by atoms with Crippen molar-refractivity contribution in [1.82, 2.24) is 14.7 Å². The molecule has 0 radical (unpaired) electrons. The van der Waals surface area contributed by atoms with Crippen LogP contribution in [0.25, 0.3) is 6.08 Å². The zero-order valence-electron chi connectivity index (χ0n) is 23.6. The summed E-state index contributed by atoms with van der Waals surface area (Å²) < 4.78 is 15.0. The number of anilines is 2. The summed E-state index contributed by atoms with van der Waals surface area (Å²) in [7, 11) is 3.05. The second-order valence-electron chi connectivity index (χ2n) is 8.62. The standard InChI is InChI=1S/C30H29N5O5S3/c1-4-41-30-34-29(43-35-30)33-26(36)18-42-23-12-8-11-21(17-23)31-28(38)24(32-27(37)19-9-6-5-7-10-19)16-20-15-22(39-2)13-14-25(20)40-3/h5-17H,4,18H2,1-3H3,(H,31,38)(H,32,37)(H,33,34,35,36)/b24-16+. The summed E-state index contributed by atoms with van der Waals surface area (Å²) in [6, 6.07) is 20.8. The molecular weight excluding hydrogens is 607 g/mol. The summed E-state index contributed by atoms with van der Waals surface area (Å²) in [6.45, 7) is 2.01. The highest BCUT2D eigenvalue weighted by atomic mass is 32.2. The normalized spacial score (nSPS) is 11.0. The van der Waals surface area contributed by atoms with Gasteiger partial charge in [-0.1, -0.05) is 43.0 Å². The Kier molecular flexibility index (Phi) is 11.6. The number of thioether (sulfide) groups is 2. The molecule has 0 saturated carbocycles. The zero-order valence-corrected chi connectivity index (χ0v) is 26.0. The number of carbonyl (C=O) groups is 3. The molecule has 1 heterocycles. The Morgan fingerprint density at radius 3 is 2.49 bits per heavy atom. The lowest BCUT2D eigenvalue weighted by Gasteiger charge is -2.13. The van der Waals surface area contributed by atoms with Gasteiger partial charge in [0, 0.05) is 33.2 Å². The second-order valence-corrected chi connectivity index (χ2v) is 11.7. The van der Waals surface area contributed by atoms with Crippen LogP contribution in [-0.4, -0.2) is 52.8 Å². The molecule has 3 amide bonds. The Hall–Kier alpha value is -4.33. The number of ether oxygens (including phenoxy) is 2. The molecule has 13 heteroatoms. The third-order valence-corrected chi connectivity index (χ3v) is 8.12. The van der Waals surface area contributed by atoms with Gasteiger partial charge in [0.05, 0.1) is 20.0 Å². The molecule has 3 N–H and O–H groups in total. The molecule has 1 aromatic heterocycles. The first-order valence-corrected chi connectivity index (χ1v) is 15.7. The molecule has 4 rings (SSSR count). The largest absolute Gasteiger partial charge is 0.497 e. The predicted molar refractivity (Wildman–Crippen MR) is 172 cm³/mol. The Morgan fingerprint density at radius 1 is 0.930 bits per heavy atom. The lowest BCUT2D eigenvalue weighted by atomic mass is 10.1. The van der Waals surface area contributed by atoms with Crippen LogP contribution in [0.3, 0.4) is 0 Å². The van der Waals surface area contributed by atoms with Gasteiger partial charge >= 0.3 is 0 Å². The fraction of sp³-hybridized carbons (Fsp3) is 0.167. The number of hydrogen-bond donors (Lipinski definition) is 3. The summed E-state index contributed by atoms with van der Waals surface area (Å²) in [4.78, 5) is 44.0. The molecule has 0 bridgehead atoms. The van der Waals surface area contributed by atoms with E-state index in [2.05, 4.69) is 25.3 Å². The SMILES string of the molecule is CCSc1nsc(NC(=O)CSc2cccc(NC(=O)/C(=C\c3cc(OC)ccc3OC)NC(=O)c3ccccc3)c2)n1. The average Bonchev–Trinajstić information content (AvgIpc) is 3.46. The zero-order chi connectivity index (χ0) is 30.6. The van der Waals surface area contributed by atoms with Crippen molar-refractivity contribution >= 4 is 69.7 Å². The molecule has 0 aliphatic rings. The first-order chi connectivity index (χ1) is 20.9. The van der Waals surface area contributed by atoms with Crippen LogP contribution in [0, 0.1) is 0 Å². The molecule has 10 nitrogen and oxygen atoms in total. The maximum atomic E-state index is 13.5. The molecule has 222 valence electrons. The van der Waals surface area contributed by atoms with Crippen molar-refractivity contribution in [3.05, 3.63) is 89.6 Å². The van der Waals surface area contributed by atoms with Crippen LogP contribution in [0.15, 0.2) is 88.5 Å². The smallest absolute Gasteiger partial charge is 0.272 e. The van der Waals surface area contributed by atoms with E-state index in [9.17, 15) is 14.4 Å². The summed E-state index contributed by atoms with van der Waals surface area (Å²) >= 11 is 3.95. The summed E-state index contributed by atoms with van der Waals surface area (Å²) in [5.41, 5.74) is 1.41. The second kappa shape index (κ2) is 15.8. The number of aromatic nitrogens is 2. The highest BCUT2D eigenvalue weighted by Crippen LogP contribution is 2.27. The fourth-order valence-corrected chi connectivity index (χ4v) is 5.71. The number of amides is 3. The van der Waals surface area contributed by atoms with Crippen LogP contribution >= 0.6 is 35.1 Å². The Bertz CT molecular complexity index is 1610. The maximum absolute atomic E-state index is 13.5. The number of nitrogens with one attached hydrogen (secondary N) is 3. The molecule has 0 saturated heterocycles. The van der Waals surface area contributed by atoms with Gasteiger partial charge in [-0.3, -0.25) is 19.7 Å². The Labute approximate surface area is 261 Å². The minimum absolute atomic E-state index is 0.00416. The van der Waals surface area contributed by atoms with Gasteiger partial charge in [-0.05, 0) is 60.4 Å². The van der Waals surface area contributed by atoms with Gasteiger partial charge in [0.2, 0.25) is 16.2 Å². The molecule has 0 spiro atoms. The summed E-state index contributed by atoms with van der Waals surface area (Å²) in [5.74, 6) is 0.817. The molecular formula is C30H29N5O5S3. The van der Waals surface area contributed by atoms with Gasteiger partial charge in [0.25, 0.3) is 11.8 Å². The summed E-state index contributed by atoms with van der Waals surface area (Å²) in [6.07, 6.45) is 1.53. The van der Waals surface area contributed by atoms with Crippen molar-refractivity contribution in [2.45, 2.75) is 17.0 Å². The molecule has 4 aromatic rings. The van der Waals surface area contributed by atoms with Crippen molar-refractivity contribution in [1.29, 1.82) is 0 Å². The lowest BCUT2D eigenvalue weighted by Crippen LogP contribution is -2.30. The van der Waals surface area contributed by atoms with E-state index in [0.717, 1.165) is 22.2 Å². The van der Waals surface area contributed by atoms with E-state index < -0.39 is 11.8 Å². The lowest BCUT2D eigenvalue weighted by molar-refractivity contribution is -0.114. The average molecular weight is 636 g/mol. The number of benzene rings is 3.